The van der Waals surface area contributed by atoms with Crippen molar-refractivity contribution in [1.82, 2.24) is 0 Å². The molecule has 0 radical (unpaired) electrons. The van der Waals surface area contributed by atoms with E-state index in [0.29, 0.717) is 12.8 Å². The Morgan fingerprint density at radius 2 is 1.71 bits per heavy atom. The monoisotopic (exact) mass is 288 g/mol. The van der Waals surface area contributed by atoms with Crippen LogP contribution in [0.3, 0.4) is 0 Å². The molecule has 112 valence electrons. The van der Waals surface area contributed by atoms with E-state index in [1.807, 2.05) is 43.3 Å². The SMILES string of the molecule is C/C=C1\CC(c2ccccc2)C(C(=O)OC)(C(=O)OC)C1. The highest BCUT2D eigenvalue weighted by Crippen LogP contribution is 2.53. The number of ether oxygens (including phenoxy) is 2. The highest BCUT2D eigenvalue weighted by atomic mass is 16.5. The van der Waals surface area contributed by atoms with Crippen molar-refractivity contribution in [2.45, 2.75) is 25.7 Å². The largest absolute Gasteiger partial charge is 0.468 e. The van der Waals surface area contributed by atoms with Crippen LogP contribution in [-0.2, 0) is 19.1 Å². The molecule has 1 aliphatic rings. The number of hydrogen-bond acceptors (Lipinski definition) is 4. The van der Waals surface area contributed by atoms with E-state index in [1.165, 1.54) is 14.2 Å². The Kier molecular flexibility index (Phi) is 4.46. The lowest BCUT2D eigenvalue weighted by atomic mass is 9.74. The summed E-state index contributed by atoms with van der Waals surface area (Å²) in [6.45, 7) is 1.92. The van der Waals surface area contributed by atoms with E-state index >= 15 is 0 Å². The van der Waals surface area contributed by atoms with Crippen LogP contribution < -0.4 is 0 Å². The van der Waals surface area contributed by atoms with Crippen LogP contribution >= 0.6 is 0 Å². The van der Waals surface area contributed by atoms with Crippen LogP contribution in [0.2, 0.25) is 0 Å². The van der Waals surface area contributed by atoms with Crippen LogP contribution in [-0.4, -0.2) is 26.2 Å². The number of methoxy groups -OCH3 is 2. The lowest BCUT2D eigenvalue weighted by Gasteiger charge is -2.29. The van der Waals surface area contributed by atoms with Gasteiger partial charge in [0.25, 0.3) is 0 Å². The summed E-state index contributed by atoms with van der Waals surface area (Å²) >= 11 is 0. The predicted octanol–water partition coefficient (Wildman–Crippen LogP) is 2.84. The van der Waals surface area contributed by atoms with Crippen LogP contribution in [0.1, 0.15) is 31.2 Å². The van der Waals surface area contributed by atoms with E-state index in [-0.39, 0.29) is 5.92 Å². The Labute approximate surface area is 124 Å². The van der Waals surface area contributed by atoms with E-state index in [0.717, 1.165) is 11.1 Å². The molecule has 1 atom stereocenters. The molecule has 0 saturated heterocycles. The van der Waals surface area contributed by atoms with E-state index in [4.69, 9.17) is 9.47 Å². The summed E-state index contributed by atoms with van der Waals surface area (Å²) in [6, 6.07) is 9.59. The van der Waals surface area contributed by atoms with Crippen molar-refractivity contribution < 1.29 is 19.1 Å². The molecule has 21 heavy (non-hydrogen) atoms. The van der Waals surface area contributed by atoms with E-state index in [2.05, 4.69) is 0 Å². The molecular formula is C17H20O4. The first-order chi connectivity index (χ1) is 10.1. The van der Waals surface area contributed by atoms with Gasteiger partial charge in [-0.1, -0.05) is 42.0 Å². The van der Waals surface area contributed by atoms with Gasteiger partial charge in [0.1, 0.15) is 0 Å². The van der Waals surface area contributed by atoms with Crippen molar-refractivity contribution in [3.05, 3.63) is 47.5 Å². The molecule has 4 heteroatoms. The number of esters is 2. The number of carbonyl (C=O) groups excluding carboxylic acids is 2. The molecule has 1 fully saturated rings. The maximum Gasteiger partial charge on any atom is 0.324 e. The number of benzene rings is 1. The first-order valence-electron chi connectivity index (χ1n) is 6.96. The van der Waals surface area contributed by atoms with Gasteiger partial charge in [0.15, 0.2) is 5.41 Å². The average molecular weight is 288 g/mol. The normalized spacial score (nSPS) is 22.0. The molecule has 1 aromatic carbocycles. The summed E-state index contributed by atoms with van der Waals surface area (Å²) < 4.78 is 9.88. The van der Waals surface area contributed by atoms with Crippen LogP contribution in [0.15, 0.2) is 42.0 Å². The Morgan fingerprint density at radius 1 is 1.14 bits per heavy atom. The Morgan fingerprint density at radius 3 is 2.19 bits per heavy atom. The van der Waals surface area contributed by atoms with Gasteiger partial charge >= 0.3 is 11.9 Å². The van der Waals surface area contributed by atoms with Gasteiger partial charge in [-0.15, -0.1) is 0 Å². The molecule has 0 N–H and O–H groups in total. The van der Waals surface area contributed by atoms with Crippen molar-refractivity contribution in [1.29, 1.82) is 0 Å². The zero-order chi connectivity index (χ0) is 15.5. The summed E-state index contributed by atoms with van der Waals surface area (Å²) in [5, 5.41) is 0. The van der Waals surface area contributed by atoms with Crippen molar-refractivity contribution >= 4 is 11.9 Å². The lowest BCUT2D eigenvalue weighted by Crippen LogP contribution is -2.43. The molecule has 0 heterocycles. The molecular weight excluding hydrogens is 268 g/mol. The highest BCUT2D eigenvalue weighted by molar-refractivity contribution is 6.02. The van der Waals surface area contributed by atoms with Crippen molar-refractivity contribution in [2.75, 3.05) is 14.2 Å². The third-order valence-electron chi connectivity index (χ3n) is 4.28. The lowest BCUT2D eigenvalue weighted by molar-refractivity contribution is -0.169. The van der Waals surface area contributed by atoms with E-state index in [9.17, 15) is 9.59 Å². The van der Waals surface area contributed by atoms with Gasteiger partial charge in [0.2, 0.25) is 0 Å². The van der Waals surface area contributed by atoms with E-state index in [1.54, 1.807) is 0 Å². The third-order valence-corrected chi connectivity index (χ3v) is 4.28. The molecule has 1 aromatic rings. The third kappa shape index (κ3) is 2.46. The molecule has 0 aliphatic heterocycles. The minimum atomic E-state index is -1.29. The second-order valence-corrected chi connectivity index (χ2v) is 5.25. The Balaban J connectivity index is 2.58. The standard InChI is InChI=1S/C17H20O4/c1-4-12-10-14(13-8-6-5-7-9-13)17(11-12,15(18)20-2)16(19)21-3/h4-9,14H,10-11H2,1-3H3/b12-4+. The number of carbonyl (C=O) groups is 2. The van der Waals surface area contributed by atoms with Gasteiger partial charge in [-0.05, 0) is 25.3 Å². The number of rotatable bonds is 3. The first-order valence-corrected chi connectivity index (χ1v) is 6.96. The fourth-order valence-corrected chi connectivity index (χ4v) is 3.17. The van der Waals surface area contributed by atoms with Gasteiger partial charge in [0, 0.05) is 5.92 Å². The van der Waals surface area contributed by atoms with Gasteiger partial charge in [0.05, 0.1) is 14.2 Å². The van der Waals surface area contributed by atoms with Gasteiger partial charge < -0.3 is 9.47 Å². The zero-order valence-corrected chi connectivity index (χ0v) is 12.6. The van der Waals surface area contributed by atoms with Crippen LogP contribution in [0.4, 0.5) is 0 Å². The Hall–Kier alpha value is -2.10. The van der Waals surface area contributed by atoms with Crippen molar-refractivity contribution in [3.63, 3.8) is 0 Å². The van der Waals surface area contributed by atoms with Crippen LogP contribution in [0, 0.1) is 5.41 Å². The fraction of sp³-hybridized carbons (Fsp3) is 0.412. The second kappa shape index (κ2) is 6.12. The highest BCUT2D eigenvalue weighted by Gasteiger charge is 2.58. The van der Waals surface area contributed by atoms with Gasteiger partial charge in [-0.3, -0.25) is 9.59 Å². The van der Waals surface area contributed by atoms with Crippen molar-refractivity contribution in [2.24, 2.45) is 5.41 Å². The fourth-order valence-electron chi connectivity index (χ4n) is 3.17. The maximum absolute atomic E-state index is 12.4. The quantitative estimate of drug-likeness (QED) is 0.487. The predicted molar refractivity (Wildman–Crippen MR) is 78.6 cm³/mol. The molecule has 1 unspecified atom stereocenters. The summed E-state index contributed by atoms with van der Waals surface area (Å²) in [5.74, 6) is -1.31. The van der Waals surface area contributed by atoms with Crippen LogP contribution in [0.25, 0.3) is 0 Å². The number of allylic oxidation sites excluding steroid dienone is 2. The van der Waals surface area contributed by atoms with Gasteiger partial charge in [-0.25, -0.2) is 0 Å². The van der Waals surface area contributed by atoms with Crippen LogP contribution in [0.5, 0.6) is 0 Å². The maximum atomic E-state index is 12.4. The first kappa shape index (κ1) is 15.3. The summed E-state index contributed by atoms with van der Waals surface area (Å²) in [6.07, 6.45) is 2.97. The molecule has 0 amide bonds. The molecule has 1 aliphatic carbocycles. The molecule has 1 saturated carbocycles. The smallest absolute Gasteiger partial charge is 0.324 e. The zero-order valence-electron chi connectivity index (χ0n) is 12.6. The van der Waals surface area contributed by atoms with Crippen molar-refractivity contribution in [3.8, 4) is 0 Å². The second-order valence-electron chi connectivity index (χ2n) is 5.25. The minimum absolute atomic E-state index is 0.259. The molecule has 0 bridgehead atoms. The molecule has 4 nitrogen and oxygen atoms in total. The van der Waals surface area contributed by atoms with Gasteiger partial charge in [-0.2, -0.15) is 0 Å². The molecule has 0 spiro atoms. The Bertz CT molecular complexity index is 543. The summed E-state index contributed by atoms with van der Waals surface area (Å²) in [4.78, 5) is 24.9. The van der Waals surface area contributed by atoms with E-state index < -0.39 is 17.4 Å². The number of hydrogen-bond donors (Lipinski definition) is 0. The minimum Gasteiger partial charge on any atom is -0.468 e. The summed E-state index contributed by atoms with van der Waals surface area (Å²) in [5.41, 5.74) is 0.733. The molecule has 2 rings (SSSR count). The molecule has 0 aromatic heterocycles. The topological polar surface area (TPSA) is 52.6 Å². The average Bonchev–Trinajstić information content (AvgIpc) is 2.95. The summed E-state index contributed by atoms with van der Waals surface area (Å²) in [7, 11) is 2.62.